The molecule has 5 N–H and O–H groups in total. The van der Waals surface area contributed by atoms with Crippen LogP contribution in [0.3, 0.4) is 0 Å². The number of likely N-dealkylation sites (tertiary alicyclic amines) is 1. The van der Waals surface area contributed by atoms with Crippen LogP contribution in [-0.2, 0) is 12.3 Å². The molecule has 0 spiro atoms. The van der Waals surface area contributed by atoms with E-state index in [1.54, 1.807) is 30.6 Å². The van der Waals surface area contributed by atoms with E-state index in [1.807, 2.05) is 18.2 Å². The van der Waals surface area contributed by atoms with E-state index in [0.29, 0.717) is 45.3 Å². The number of anilines is 2. The number of hydrogen-bond donors (Lipinski definition) is 3. The highest BCUT2D eigenvalue weighted by atomic mass is 35.5. The number of fused-ring (bicyclic) bond motifs is 2. The molecule has 1 saturated heterocycles. The van der Waals surface area contributed by atoms with Crippen LogP contribution < -0.4 is 21.5 Å². The average Bonchev–Trinajstić information content (AvgIpc) is 3.34. The van der Waals surface area contributed by atoms with Crippen LogP contribution in [0.5, 0.6) is 5.75 Å². The number of nitrogens with one attached hydrogen (secondary N) is 1. The number of aliphatic imine (C=N–C) groups is 1. The van der Waals surface area contributed by atoms with Crippen molar-refractivity contribution in [3.8, 4) is 17.6 Å². The number of piperidine rings is 1. The minimum absolute atomic E-state index is 0.189. The fourth-order valence-electron chi connectivity index (χ4n) is 5.42. The summed E-state index contributed by atoms with van der Waals surface area (Å²) in [4.78, 5) is 6.91. The lowest BCUT2D eigenvalue weighted by Crippen LogP contribution is -2.39. The molecule has 2 unspecified atom stereocenters. The van der Waals surface area contributed by atoms with Gasteiger partial charge >= 0.3 is 0 Å². The smallest absolute Gasteiger partial charge is 0.163 e. The van der Waals surface area contributed by atoms with Crippen molar-refractivity contribution < 1.29 is 9.13 Å². The molecule has 1 saturated carbocycles. The third-order valence-corrected chi connectivity index (χ3v) is 7.79. The van der Waals surface area contributed by atoms with Gasteiger partial charge in [0.2, 0.25) is 0 Å². The second kappa shape index (κ2) is 9.07. The Hall–Kier alpha value is -3.57. The van der Waals surface area contributed by atoms with Crippen LogP contribution in [0.2, 0.25) is 5.02 Å². The van der Waals surface area contributed by atoms with E-state index in [1.165, 1.54) is 12.1 Å². The van der Waals surface area contributed by atoms with E-state index in [0.717, 1.165) is 29.9 Å². The molecular weight excluding hydrogens is 489 g/mol. The van der Waals surface area contributed by atoms with Gasteiger partial charge < -0.3 is 20.7 Å². The van der Waals surface area contributed by atoms with Gasteiger partial charge in [0.1, 0.15) is 18.2 Å². The van der Waals surface area contributed by atoms with Crippen LogP contribution in [0.25, 0.3) is 0 Å². The number of rotatable bonds is 4. The Labute approximate surface area is 220 Å². The summed E-state index contributed by atoms with van der Waals surface area (Å²) in [5.41, 5.74) is 16.3. The minimum atomic E-state index is -1.19. The van der Waals surface area contributed by atoms with Gasteiger partial charge in [-0.1, -0.05) is 41.6 Å². The lowest BCUT2D eigenvalue weighted by Gasteiger charge is -2.32. The Morgan fingerprint density at radius 2 is 2.00 bits per heavy atom. The summed E-state index contributed by atoms with van der Waals surface area (Å²) in [7, 11) is 2.16. The molecule has 2 fully saturated rings. The summed E-state index contributed by atoms with van der Waals surface area (Å²) in [6.45, 7) is 2.43. The molecule has 0 bridgehead atoms. The highest BCUT2D eigenvalue weighted by molar-refractivity contribution is 6.32. The Bertz CT molecular complexity index is 1470. The molecule has 1 aliphatic carbocycles. The van der Waals surface area contributed by atoms with Crippen molar-refractivity contribution in [3.05, 3.63) is 87.7 Å². The first-order valence-electron chi connectivity index (χ1n) is 12.2. The van der Waals surface area contributed by atoms with Gasteiger partial charge in [-0.3, -0.25) is 5.73 Å². The Balaban J connectivity index is 1.23. The lowest BCUT2D eigenvalue weighted by molar-refractivity contribution is 0.305. The minimum Gasteiger partial charge on any atom is -0.487 e. The summed E-state index contributed by atoms with van der Waals surface area (Å²) in [5.74, 6) is 8.72. The number of hydrogen-bond acceptors (Lipinski definition) is 6. The molecule has 37 heavy (non-hydrogen) atoms. The normalized spacial score (nSPS) is 25.5. The van der Waals surface area contributed by atoms with Gasteiger partial charge in [-0.2, -0.15) is 0 Å². The fourth-order valence-corrected chi connectivity index (χ4v) is 5.65. The van der Waals surface area contributed by atoms with Crippen LogP contribution in [0.15, 0.2) is 59.6 Å². The fraction of sp³-hybridized carbons (Fsp3) is 0.276. The topological polar surface area (TPSA) is 88.9 Å². The number of ether oxygens (including phenoxy) is 1. The molecular formula is C29H27ClFN5O. The van der Waals surface area contributed by atoms with Gasteiger partial charge in [0, 0.05) is 47.1 Å². The predicted octanol–water partition coefficient (Wildman–Crippen LogP) is 4.41. The standard InChI is InChI=1S/C29H27ClFN5O/c1-36-13-22-21(23(22)14-36)7-5-18-10-27-24(12-26(18)32)29(33,35-16-34-27)19-6-8-28(25(30)11-19)37-15-17-3-2-4-20(31)9-17/h2-4,6,8-12,16,21-23H,13-15,32-33H2,1H3,(H,34,35)/t21?,22-,23+,29?. The molecule has 4 atom stereocenters. The van der Waals surface area contributed by atoms with Crippen molar-refractivity contribution in [1.29, 1.82) is 0 Å². The SMILES string of the molecule is CN1C[C@@H]2C(C#Cc3cc4c(cc3N)C(N)(c3ccc(OCc5cccc(F)c5)c(Cl)c3)N=CN4)[C@@H]2C1. The maximum atomic E-state index is 13.5. The molecule has 2 aliphatic heterocycles. The highest BCUT2D eigenvalue weighted by Crippen LogP contribution is 2.51. The van der Waals surface area contributed by atoms with E-state index in [4.69, 9.17) is 27.8 Å². The van der Waals surface area contributed by atoms with Gasteiger partial charge in [0.05, 0.1) is 11.4 Å². The molecule has 2 heterocycles. The molecule has 3 aromatic rings. The second-order valence-electron chi connectivity index (χ2n) is 10.1. The van der Waals surface area contributed by atoms with Crippen molar-refractivity contribution in [1.82, 2.24) is 4.90 Å². The molecule has 0 aromatic heterocycles. The third kappa shape index (κ3) is 4.42. The van der Waals surface area contributed by atoms with Crippen LogP contribution in [0, 0.1) is 35.4 Å². The Morgan fingerprint density at radius 1 is 1.19 bits per heavy atom. The number of halogens is 2. The van der Waals surface area contributed by atoms with Crippen LogP contribution in [0.4, 0.5) is 15.8 Å². The third-order valence-electron chi connectivity index (χ3n) is 7.49. The molecule has 6 rings (SSSR count). The molecule has 188 valence electrons. The van der Waals surface area contributed by atoms with Crippen LogP contribution in [-0.4, -0.2) is 31.4 Å². The maximum Gasteiger partial charge on any atom is 0.163 e. The van der Waals surface area contributed by atoms with Gasteiger partial charge in [-0.05, 0) is 60.8 Å². The number of benzene rings is 3. The first kappa shape index (κ1) is 23.8. The van der Waals surface area contributed by atoms with Crippen molar-refractivity contribution in [2.45, 2.75) is 12.3 Å². The van der Waals surface area contributed by atoms with E-state index in [2.05, 4.69) is 34.1 Å². The average molecular weight is 516 g/mol. The van der Waals surface area contributed by atoms with Gasteiger partial charge in [-0.25, -0.2) is 9.38 Å². The van der Waals surface area contributed by atoms with Crippen molar-refractivity contribution in [2.75, 3.05) is 31.2 Å². The summed E-state index contributed by atoms with van der Waals surface area (Å²) in [6, 6.07) is 15.3. The van der Waals surface area contributed by atoms with Gasteiger partial charge in [0.25, 0.3) is 0 Å². The zero-order valence-electron chi connectivity index (χ0n) is 20.3. The van der Waals surface area contributed by atoms with Crippen LogP contribution >= 0.6 is 11.6 Å². The highest BCUT2D eigenvalue weighted by Gasteiger charge is 2.54. The largest absolute Gasteiger partial charge is 0.487 e. The second-order valence-corrected chi connectivity index (χ2v) is 10.5. The molecule has 3 aromatic carbocycles. The van der Waals surface area contributed by atoms with E-state index >= 15 is 0 Å². The van der Waals surface area contributed by atoms with E-state index < -0.39 is 5.66 Å². The summed E-state index contributed by atoms with van der Waals surface area (Å²) >= 11 is 6.55. The monoisotopic (exact) mass is 515 g/mol. The summed E-state index contributed by atoms with van der Waals surface area (Å²) in [5, 5.41) is 3.56. The summed E-state index contributed by atoms with van der Waals surface area (Å²) in [6.07, 6.45) is 1.58. The number of nitrogens with two attached hydrogens (primary N) is 2. The molecule has 8 heteroatoms. The Morgan fingerprint density at radius 3 is 2.76 bits per heavy atom. The molecule has 0 amide bonds. The Kier molecular flexibility index (Phi) is 5.84. The predicted molar refractivity (Wildman–Crippen MR) is 145 cm³/mol. The first-order chi connectivity index (χ1) is 17.8. The first-order valence-corrected chi connectivity index (χ1v) is 12.6. The number of nitrogen functional groups attached to an aromatic ring is 1. The quantitative estimate of drug-likeness (QED) is 0.354. The molecule has 3 aliphatic rings. The van der Waals surface area contributed by atoms with Crippen molar-refractivity contribution in [3.63, 3.8) is 0 Å². The summed E-state index contributed by atoms with van der Waals surface area (Å²) < 4.78 is 19.3. The molecule has 6 nitrogen and oxygen atoms in total. The van der Waals surface area contributed by atoms with Gasteiger partial charge in [0.15, 0.2) is 5.66 Å². The molecule has 0 radical (unpaired) electrons. The zero-order valence-corrected chi connectivity index (χ0v) is 21.1. The van der Waals surface area contributed by atoms with E-state index in [9.17, 15) is 4.39 Å². The van der Waals surface area contributed by atoms with Crippen molar-refractivity contribution >= 4 is 29.3 Å². The van der Waals surface area contributed by atoms with Crippen LogP contribution in [0.1, 0.15) is 22.3 Å². The zero-order chi connectivity index (χ0) is 25.7. The van der Waals surface area contributed by atoms with Gasteiger partial charge in [-0.15, -0.1) is 0 Å². The van der Waals surface area contributed by atoms with Crippen molar-refractivity contribution in [2.24, 2.45) is 28.5 Å². The maximum absolute atomic E-state index is 13.5. The lowest BCUT2D eigenvalue weighted by atomic mass is 9.88. The number of nitrogens with zero attached hydrogens (tertiary/aromatic N) is 2. The van der Waals surface area contributed by atoms with E-state index in [-0.39, 0.29) is 12.4 Å².